The van der Waals surface area contributed by atoms with Gasteiger partial charge in [0, 0.05) is 45.1 Å². The van der Waals surface area contributed by atoms with Crippen LogP contribution in [0.15, 0.2) is 30.3 Å². The number of benzene rings is 1. The zero-order valence-corrected chi connectivity index (χ0v) is 16.5. The second kappa shape index (κ2) is 9.32. The predicted molar refractivity (Wildman–Crippen MR) is 107 cm³/mol. The van der Waals surface area contributed by atoms with Crippen molar-refractivity contribution < 1.29 is 9.53 Å². The van der Waals surface area contributed by atoms with Gasteiger partial charge in [0.25, 0.3) is 0 Å². The molecule has 2 aromatic rings. The van der Waals surface area contributed by atoms with Gasteiger partial charge < -0.3 is 14.6 Å². The summed E-state index contributed by atoms with van der Waals surface area (Å²) in [4.78, 5) is 12.4. The van der Waals surface area contributed by atoms with E-state index in [0.717, 1.165) is 76.4 Å². The molecule has 0 radical (unpaired) electrons. The fourth-order valence-corrected chi connectivity index (χ4v) is 4.28. The first kappa shape index (κ1) is 19.1. The van der Waals surface area contributed by atoms with Gasteiger partial charge in [-0.3, -0.25) is 4.79 Å². The third-order valence-electron chi connectivity index (χ3n) is 5.98. The summed E-state index contributed by atoms with van der Waals surface area (Å²) in [6, 6.07) is 10.7. The number of ether oxygens (including phenoxy) is 1. The zero-order valence-electron chi connectivity index (χ0n) is 16.5. The normalized spacial score (nSPS) is 20.4. The first-order valence-electron chi connectivity index (χ1n) is 10.6. The number of fused-ring (bicyclic) bond motifs is 1. The summed E-state index contributed by atoms with van der Waals surface area (Å²) in [5.41, 5.74) is 1.33. The lowest BCUT2D eigenvalue weighted by Gasteiger charge is -2.23. The Balaban J connectivity index is 1.29. The average molecular weight is 383 g/mol. The summed E-state index contributed by atoms with van der Waals surface area (Å²) in [5.74, 6) is 2.79. The van der Waals surface area contributed by atoms with Crippen LogP contribution in [0.3, 0.4) is 0 Å². The molecule has 3 heterocycles. The average Bonchev–Trinajstić information content (AvgIpc) is 3.00. The Morgan fingerprint density at radius 2 is 1.89 bits per heavy atom. The van der Waals surface area contributed by atoms with Crippen LogP contribution < -0.4 is 5.32 Å². The molecule has 0 bridgehead atoms. The van der Waals surface area contributed by atoms with Crippen LogP contribution in [0.4, 0.5) is 0 Å². The highest BCUT2D eigenvalue weighted by Crippen LogP contribution is 2.20. The second-order valence-corrected chi connectivity index (χ2v) is 8.02. The Bertz CT molecular complexity index is 768. The third kappa shape index (κ3) is 4.98. The third-order valence-corrected chi connectivity index (χ3v) is 5.98. The number of aromatic nitrogens is 3. The fraction of sp³-hybridized carbons (Fsp3) is 0.591. The molecular weight excluding hydrogens is 352 g/mol. The van der Waals surface area contributed by atoms with Gasteiger partial charge in [0.1, 0.15) is 11.6 Å². The van der Waals surface area contributed by atoms with E-state index in [-0.39, 0.29) is 11.9 Å². The molecule has 1 atom stereocenters. The van der Waals surface area contributed by atoms with E-state index in [1.54, 1.807) is 0 Å². The van der Waals surface area contributed by atoms with Gasteiger partial charge in [-0.2, -0.15) is 0 Å². The maximum Gasteiger partial charge on any atom is 0.220 e. The highest BCUT2D eigenvalue weighted by atomic mass is 16.5. The summed E-state index contributed by atoms with van der Waals surface area (Å²) in [6.45, 7) is 2.47. The monoisotopic (exact) mass is 382 g/mol. The number of aryl methyl sites for hydroxylation is 3. The van der Waals surface area contributed by atoms with Crippen LogP contribution in [0.25, 0.3) is 0 Å². The van der Waals surface area contributed by atoms with E-state index in [9.17, 15) is 4.79 Å². The van der Waals surface area contributed by atoms with Gasteiger partial charge >= 0.3 is 0 Å². The SMILES string of the molecule is O=C(CC1CCOCC1)NC1CCc2nnc(CCc3ccccc3)n2CC1. The summed E-state index contributed by atoms with van der Waals surface area (Å²) < 4.78 is 7.66. The molecule has 1 N–H and O–H groups in total. The topological polar surface area (TPSA) is 69.0 Å². The van der Waals surface area contributed by atoms with Crippen LogP contribution in [0, 0.1) is 5.92 Å². The highest BCUT2D eigenvalue weighted by molar-refractivity contribution is 5.76. The van der Waals surface area contributed by atoms with Crippen LogP contribution in [-0.2, 0) is 35.3 Å². The van der Waals surface area contributed by atoms with Gasteiger partial charge in [-0.25, -0.2) is 0 Å². The van der Waals surface area contributed by atoms with Gasteiger partial charge in [-0.05, 0) is 43.6 Å². The summed E-state index contributed by atoms with van der Waals surface area (Å²) >= 11 is 0. The van der Waals surface area contributed by atoms with Crippen molar-refractivity contribution >= 4 is 5.91 Å². The highest BCUT2D eigenvalue weighted by Gasteiger charge is 2.23. The lowest BCUT2D eigenvalue weighted by molar-refractivity contribution is -0.123. The molecule has 2 aliphatic rings. The van der Waals surface area contributed by atoms with E-state index in [4.69, 9.17) is 4.74 Å². The van der Waals surface area contributed by atoms with Crippen molar-refractivity contribution in [3.05, 3.63) is 47.5 Å². The van der Waals surface area contributed by atoms with E-state index < -0.39 is 0 Å². The molecular formula is C22H30N4O2. The number of carbonyl (C=O) groups excluding carboxylic acids is 1. The maximum absolute atomic E-state index is 12.4. The molecule has 6 heteroatoms. The first-order valence-corrected chi connectivity index (χ1v) is 10.6. The molecule has 2 aliphatic heterocycles. The van der Waals surface area contributed by atoms with Crippen LogP contribution >= 0.6 is 0 Å². The van der Waals surface area contributed by atoms with Gasteiger partial charge in [-0.15, -0.1) is 10.2 Å². The summed E-state index contributed by atoms with van der Waals surface area (Å²) in [6.07, 6.45) is 7.28. The molecule has 1 aromatic heterocycles. The van der Waals surface area contributed by atoms with Crippen molar-refractivity contribution in [3.8, 4) is 0 Å². The molecule has 6 nitrogen and oxygen atoms in total. The zero-order chi connectivity index (χ0) is 19.2. The van der Waals surface area contributed by atoms with Gasteiger partial charge in [-0.1, -0.05) is 30.3 Å². The fourth-order valence-electron chi connectivity index (χ4n) is 4.28. The standard InChI is InChI=1S/C22H30N4O2/c27-22(16-18-11-14-28-15-12-18)23-19-7-9-21-25-24-20(26(21)13-10-19)8-6-17-4-2-1-3-5-17/h1-5,18-19H,6-16H2,(H,23,27). The predicted octanol–water partition coefficient (Wildman–Crippen LogP) is 2.70. The van der Waals surface area contributed by atoms with E-state index in [1.807, 2.05) is 6.07 Å². The minimum Gasteiger partial charge on any atom is -0.381 e. The molecule has 28 heavy (non-hydrogen) atoms. The Kier molecular flexibility index (Phi) is 6.37. The molecule has 1 saturated heterocycles. The maximum atomic E-state index is 12.4. The minimum atomic E-state index is 0.193. The molecule has 4 rings (SSSR count). The molecule has 0 aliphatic carbocycles. The lowest BCUT2D eigenvalue weighted by atomic mass is 9.96. The van der Waals surface area contributed by atoms with Crippen molar-refractivity contribution in [2.75, 3.05) is 13.2 Å². The van der Waals surface area contributed by atoms with Gasteiger partial charge in [0.2, 0.25) is 5.91 Å². The molecule has 0 saturated carbocycles. The van der Waals surface area contributed by atoms with E-state index in [2.05, 4.69) is 44.3 Å². The lowest BCUT2D eigenvalue weighted by Crippen LogP contribution is -2.36. The van der Waals surface area contributed by atoms with Gasteiger partial charge in [0.05, 0.1) is 0 Å². The Hall–Kier alpha value is -2.21. The van der Waals surface area contributed by atoms with Crippen molar-refractivity contribution in [2.45, 2.75) is 64.0 Å². The molecule has 1 aromatic carbocycles. The second-order valence-electron chi connectivity index (χ2n) is 8.02. The van der Waals surface area contributed by atoms with Crippen LogP contribution in [-0.4, -0.2) is 39.9 Å². The largest absolute Gasteiger partial charge is 0.381 e. The van der Waals surface area contributed by atoms with Crippen molar-refractivity contribution in [1.29, 1.82) is 0 Å². The number of amides is 1. The van der Waals surface area contributed by atoms with Crippen LogP contribution in [0.2, 0.25) is 0 Å². The summed E-state index contributed by atoms with van der Waals surface area (Å²) in [5, 5.41) is 12.1. The quantitative estimate of drug-likeness (QED) is 0.834. The number of nitrogens with zero attached hydrogens (tertiary/aromatic N) is 3. The summed E-state index contributed by atoms with van der Waals surface area (Å²) in [7, 11) is 0. The van der Waals surface area contributed by atoms with E-state index in [0.29, 0.717) is 12.3 Å². The molecule has 0 spiro atoms. The van der Waals surface area contributed by atoms with Crippen molar-refractivity contribution in [2.24, 2.45) is 5.92 Å². The van der Waals surface area contributed by atoms with Crippen molar-refractivity contribution in [1.82, 2.24) is 20.1 Å². The van der Waals surface area contributed by atoms with E-state index in [1.165, 1.54) is 5.56 Å². The number of hydrogen-bond acceptors (Lipinski definition) is 4. The van der Waals surface area contributed by atoms with Crippen LogP contribution in [0.1, 0.15) is 49.3 Å². The number of rotatable bonds is 6. The molecule has 1 fully saturated rings. The molecule has 150 valence electrons. The van der Waals surface area contributed by atoms with Crippen LogP contribution in [0.5, 0.6) is 0 Å². The van der Waals surface area contributed by atoms with Crippen molar-refractivity contribution in [3.63, 3.8) is 0 Å². The smallest absolute Gasteiger partial charge is 0.220 e. The molecule has 1 amide bonds. The molecule has 1 unspecified atom stereocenters. The number of carbonyl (C=O) groups is 1. The Morgan fingerprint density at radius 1 is 1.07 bits per heavy atom. The number of hydrogen-bond donors (Lipinski definition) is 1. The first-order chi connectivity index (χ1) is 13.8. The minimum absolute atomic E-state index is 0.193. The van der Waals surface area contributed by atoms with Gasteiger partial charge in [0.15, 0.2) is 0 Å². The van der Waals surface area contributed by atoms with E-state index >= 15 is 0 Å². The Morgan fingerprint density at radius 3 is 2.71 bits per heavy atom. The number of nitrogens with one attached hydrogen (secondary N) is 1. The Labute approximate surface area is 166 Å².